The van der Waals surface area contributed by atoms with Crippen LogP contribution in [0.4, 0.5) is 15.0 Å². The molecule has 1 fully saturated rings. The first-order valence-corrected chi connectivity index (χ1v) is 8.68. The molecule has 3 rings (SSSR count). The fraction of sp³-hybridized carbons (Fsp3) is 0.667. The molecule has 0 bridgehead atoms. The van der Waals surface area contributed by atoms with Crippen LogP contribution in [-0.4, -0.2) is 51.9 Å². The molecular formula is C18H26FN3O3. The van der Waals surface area contributed by atoms with Gasteiger partial charge in [0.2, 0.25) is 0 Å². The fourth-order valence-electron chi connectivity index (χ4n) is 3.71. The minimum absolute atomic E-state index is 0.0625. The number of amides is 1. The number of carbonyl (C=O) groups is 1. The van der Waals surface area contributed by atoms with Gasteiger partial charge in [-0.15, -0.1) is 0 Å². The third-order valence-electron chi connectivity index (χ3n) is 4.68. The molecule has 1 aromatic heterocycles. The molecule has 2 aliphatic heterocycles. The van der Waals surface area contributed by atoms with Crippen LogP contribution in [0, 0.1) is 0 Å². The fourth-order valence-corrected chi connectivity index (χ4v) is 3.71. The molecule has 138 valence electrons. The number of anilines is 1. The summed E-state index contributed by atoms with van der Waals surface area (Å²) in [6.45, 7) is 7.78. The second-order valence-electron chi connectivity index (χ2n) is 7.87. The van der Waals surface area contributed by atoms with Gasteiger partial charge in [-0.25, -0.2) is 14.2 Å². The van der Waals surface area contributed by atoms with E-state index < -0.39 is 12.3 Å². The molecule has 2 aliphatic rings. The lowest BCUT2D eigenvalue weighted by Gasteiger charge is -2.43. The Labute approximate surface area is 147 Å². The van der Waals surface area contributed by atoms with E-state index in [1.54, 1.807) is 4.90 Å². The van der Waals surface area contributed by atoms with Crippen molar-refractivity contribution in [1.82, 2.24) is 9.88 Å². The van der Waals surface area contributed by atoms with E-state index in [0.29, 0.717) is 24.3 Å². The van der Waals surface area contributed by atoms with Crippen LogP contribution in [0.1, 0.15) is 44.5 Å². The zero-order chi connectivity index (χ0) is 18.4. The van der Waals surface area contributed by atoms with Crippen molar-refractivity contribution < 1.29 is 19.0 Å². The van der Waals surface area contributed by atoms with Gasteiger partial charge in [-0.05, 0) is 45.7 Å². The largest absolute Gasteiger partial charge is 0.444 e. The topological polar surface area (TPSA) is 65.9 Å². The van der Waals surface area contributed by atoms with Gasteiger partial charge in [-0.2, -0.15) is 0 Å². The summed E-state index contributed by atoms with van der Waals surface area (Å²) in [5.74, 6) is 0.784. The summed E-state index contributed by atoms with van der Waals surface area (Å²) in [5, 5.41) is 9.42. The maximum Gasteiger partial charge on any atom is 0.410 e. The number of aliphatic hydroxyl groups is 1. The number of hydrogen-bond donors (Lipinski definition) is 1. The van der Waals surface area contributed by atoms with Gasteiger partial charge in [0, 0.05) is 24.7 Å². The van der Waals surface area contributed by atoms with E-state index in [4.69, 9.17) is 4.74 Å². The van der Waals surface area contributed by atoms with Crippen molar-refractivity contribution in [3.05, 3.63) is 22.9 Å². The number of carbonyl (C=O) groups excluding carboxylic acids is 1. The molecule has 0 aliphatic carbocycles. The molecule has 0 aromatic carbocycles. The number of aromatic nitrogens is 1. The van der Waals surface area contributed by atoms with Crippen molar-refractivity contribution in [2.45, 2.75) is 65.1 Å². The Morgan fingerprint density at radius 3 is 2.76 bits per heavy atom. The van der Waals surface area contributed by atoms with E-state index in [0.717, 1.165) is 17.8 Å². The van der Waals surface area contributed by atoms with Crippen LogP contribution in [-0.2, 0) is 24.4 Å². The summed E-state index contributed by atoms with van der Waals surface area (Å²) in [7, 11) is 0. The van der Waals surface area contributed by atoms with Crippen LogP contribution >= 0.6 is 0 Å². The van der Waals surface area contributed by atoms with Crippen molar-refractivity contribution in [1.29, 1.82) is 0 Å². The highest BCUT2D eigenvalue weighted by atomic mass is 19.1. The molecule has 0 radical (unpaired) electrons. The van der Waals surface area contributed by atoms with Crippen molar-refractivity contribution in [3.63, 3.8) is 0 Å². The average molecular weight is 351 g/mol. The lowest BCUT2D eigenvalue weighted by atomic mass is 10.1. The third kappa shape index (κ3) is 3.42. The summed E-state index contributed by atoms with van der Waals surface area (Å²) in [5.41, 5.74) is 1.31. The molecule has 0 saturated carbocycles. The second-order valence-corrected chi connectivity index (χ2v) is 7.87. The van der Waals surface area contributed by atoms with Gasteiger partial charge >= 0.3 is 6.09 Å². The van der Waals surface area contributed by atoms with Crippen LogP contribution in [0.25, 0.3) is 0 Å². The van der Waals surface area contributed by atoms with Crippen molar-refractivity contribution in [2.24, 2.45) is 0 Å². The quantitative estimate of drug-likeness (QED) is 0.886. The molecule has 25 heavy (non-hydrogen) atoms. The van der Waals surface area contributed by atoms with Crippen LogP contribution < -0.4 is 4.90 Å². The molecule has 1 saturated heterocycles. The summed E-state index contributed by atoms with van der Waals surface area (Å²) < 4.78 is 18.7. The van der Waals surface area contributed by atoms with Gasteiger partial charge in [0.1, 0.15) is 18.1 Å². The van der Waals surface area contributed by atoms with Gasteiger partial charge in [-0.3, -0.25) is 0 Å². The molecular weight excluding hydrogens is 325 g/mol. The summed E-state index contributed by atoms with van der Waals surface area (Å²) in [4.78, 5) is 20.8. The summed E-state index contributed by atoms with van der Waals surface area (Å²) in [6, 6.07) is 2.01. The first-order valence-electron chi connectivity index (χ1n) is 8.68. The number of pyridine rings is 1. The van der Waals surface area contributed by atoms with E-state index in [1.165, 1.54) is 0 Å². The number of halogens is 1. The summed E-state index contributed by atoms with van der Waals surface area (Å²) >= 11 is 0. The van der Waals surface area contributed by atoms with Crippen molar-refractivity contribution in [3.8, 4) is 0 Å². The smallest absolute Gasteiger partial charge is 0.410 e. The molecule has 1 amide bonds. The third-order valence-corrected chi connectivity index (χ3v) is 4.68. The Kier molecular flexibility index (Phi) is 4.62. The number of rotatable bonds is 2. The Morgan fingerprint density at radius 1 is 1.44 bits per heavy atom. The maximum atomic E-state index is 13.2. The average Bonchev–Trinajstić information content (AvgIpc) is 2.89. The zero-order valence-electron chi connectivity index (χ0n) is 15.3. The van der Waals surface area contributed by atoms with E-state index in [2.05, 4.69) is 9.88 Å². The highest BCUT2D eigenvalue weighted by molar-refractivity contribution is 5.69. The van der Waals surface area contributed by atoms with Crippen LogP contribution in [0.5, 0.6) is 0 Å². The van der Waals surface area contributed by atoms with E-state index in [1.807, 2.05) is 33.8 Å². The van der Waals surface area contributed by atoms with E-state index in [9.17, 15) is 14.3 Å². The van der Waals surface area contributed by atoms with E-state index in [-0.39, 0.29) is 24.8 Å². The summed E-state index contributed by atoms with van der Waals surface area (Å²) in [6.07, 6.45) is 0.425. The SMILES string of the molecule is C[C@@H]1CN(C(=O)OC(C)(C)C)C[C@H]2Cc3cc(CO)c(CF)nc3N21. The second kappa shape index (κ2) is 6.44. The van der Waals surface area contributed by atoms with Gasteiger partial charge in [-0.1, -0.05) is 0 Å². The number of hydrogen-bond acceptors (Lipinski definition) is 5. The molecule has 1 aromatic rings. The Hall–Kier alpha value is -1.89. The number of ether oxygens (including phenoxy) is 1. The number of piperazine rings is 1. The molecule has 0 unspecified atom stereocenters. The molecule has 2 atom stereocenters. The monoisotopic (exact) mass is 351 g/mol. The number of nitrogens with zero attached hydrogens (tertiary/aromatic N) is 3. The van der Waals surface area contributed by atoms with Crippen molar-refractivity contribution >= 4 is 11.9 Å². The predicted molar refractivity (Wildman–Crippen MR) is 92.2 cm³/mol. The van der Waals surface area contributed by atoms with Gasteiger partial charge in [0.25, 0.3) is 0 Å². The first-order chi connectivity index (χ1) is 11.7. The number of fused-ring (bicyclic) bond motifs is 3. The van der Waals surface area contributed by atoms with Crippen LogP contribution in [0.2, 0.25) is 0 Å². The van der Waals surface area contributed by atoms with Crippen LogP contribution in [0.3, 0.4) is 0 Å². The molecule has 6 nitrogen and oxygen atoms in total. The number of aliphatic hydroxyl groups excluding tert-OH is 1. The minimum atomic E-state index is -0.694. The zero-order valence-corrected chi connectivity index (χ0v) is 15.3. The van der Waals surface area contributed by atoms with Gasteiger partial charge in [0.05, 0.1) is 18.3 Å². The highest BCUT2D eigenvalue weighted by Gasteiger charge is 2.41. The minimum Gasteiger partial charge on any atom is -0.444 e. The lowest BCUT2D eigenvalue weighted by molar-refractivity contribution is 0.0191. The first kappa shape index (κ1) is 17.9. The number of alkyl halides is 1. The Balaban J connectivity index is 1.82. The van der Waals surface area contributed by atoms with Gasteiger partial charge in [0.15, 0.2) is 0 Å². The Morgan fingerprint density at radius 2 is 2.16 bits per heavy atom. The molecule has 0 spiro atoms. The maximum absolute atomic E-state index is 13.2. The molecule has 7 heteroatoms. The van der Waals surface area contributed by atoms with Crippen LogP contribution in [0.15, 0.2) is 6.07 Å². The Bertz CT molecular complexity index is 674. The normalized spacial score (nSPS) is 22.6. The van der Waals surface area contributed by atoms with Crippen molar-refractivity contribution in [2.75, 3.05) is 18.0 Å². The predicted octanol–water partition coefficient (Wildman–Crippen LogP) is 2.41. The highest BCUT2D eigenvalue weighted by Crippen LogP contribution is 2.36. The lowest BCUT2D eigenvalue weighted by Crippen LogP contribution is -2.58. The van der Waals surface area contributed by atoms with Gasteiger partial charge < -0.3 is 19.6 Å². The standard InChI is InChI=1S/C18H26FN3O3/c1-11-8-21(17(24)25-18(2,3)4)9-14-6-12-5-13(10-23)15(7-19)20-16(12)22(11)14/h5,11,14,23H,6-10H2,1-4H3/t11-,14-/m1/s1. The molecule has 3 heterocycles. The molecule has 1 N–H and O–H groups in total. The van der Waals surface area contributed by atoms with E-state index >= 15 is 0 Å².